The molecule has 1 aromatic heterocycles. The van der Waals surface area contributed by atoms with Gasteiger partial charge in [0.05, 0.1) is 10.4 Å². The largest absolute Gasteiger partial charge is 0.256 e. The lowest BCUT2D eigenvalue weighted by Gasteiger charge is -2.33. The minimum absolute atomic E-state index is 0.179. The molecule has 2 aromatic carbocycles. The molecular formula is C23H24ClFN2O2S. The average Bonchev–Trinajstić information content (AvgIpc) is 2.73. The number of halogens is 2. The van der Waals surface area contributed by atoms with E-state index in [1.165, 1.54) is 12.1 Å². The second-order valence-corrected chi connectivity index (χ2v) is 10.2. The van der Waals surface area contributed by atoms with Gasteiger partial charge in [0.1, 0.15) is 5.82 Å². The molecule has 1 aliphatic carbocycles. The molecule has 4 rings (SSSR count). The third-order valence-corrected chi connectivity index (χ3v) is 7.90. The maximum atomic E-state index is 13.8. The van der Waals surface area contributed by atoms with E-state index in [-0.39, 0.29) is 22.7 Å². The minimum atomic E-state index is -3.61. The lowest BCUT2D eigenvalue weighted by Crippen LogP contribution is -2.39. The van der Waals surface area contributed by atoms with Crippen LogP contribution in [0.15, 0.2) is 59.6 Å². The smallest absolute Gasteiger partial charge is 0.240 e. The Hall–Kier alpha value is -2.02. The van der Waals surface area contributed by atoms with Gasteiger partial charge in [-0.15, -0.1) is 0 Å². The second-order valence-electron chi connectivity index (χ2n) is 8.04. The van der Waals surface area contributed by atoms with Crippen molar-refractivity contribution in [2.45, 2.75) is 49.5 Å². The summed E-state index contributed by atoms with van der Waals surface area (Å²) in [5, 5.41) is 1.27. The molecule has 0 unspecified atom stereocenters. The van der Waals surface area contributed by atoms with Gasteiger partial charge in [-0.2, -0.15) is 0 Å². The van der Waals surface area contributed by atoms with Gasteiger partial charge in [-0.25, -0.2) is 17.5 Å². The van der Waals surface area contributed by atoms with E-state index in [0.717, 1.165) is 42.1 Å². The molecule has 0 aliphatic heterocycles. The summed E-state index contributed by atoms with van der Waals surface area (Å²) in [7, 11) is -3.61. The topological polar surface area (TPSA) is 59.1 Å². The van der Waals surface area contributed by atoms with Crippen LogP contribution in [-0.4, -0.2) is 19.4 Å². The van der Waals surface area contributed by atoms with Gasteiger partial charge in [-0.3, -0.25) is 4.98 Å². The quantitative estimate of drug-likeness (QED) is 0.549. The summed E-state index contributed by atoms with van der Waals surface area (Å²) in [4.78, 5) is 4.52. The zero-order valence-electron chi connectivity index (χ0n) is 16.7. The van der Waals surface area contributed by atoms with Gasteiger partial charge in [0, 0.05) is 22.6 Å². The average molecular weight is 447 g/mol. The molecule has 1 atom stereocenters. The minimum Gasteiger partial charge on any atom is -0.256 e. The Bertz CT molecular complexity index is 1160. The monoisotopic (exact) mass is 446 g/mol. The summed E-state index contributed by atoms with van der Waals surface area (Å²) in [6.45, 7) is 1.92. The Labute approximate surface area is 181 Å². The predicted octanol–water partition coefficient (Wildman–Crippen LogP) is 5.67. The fraction of sp³-hybridized carbons (Fsp3) is 0.348. The zero-order chi connectivity index (χ0) is 21.3. The zero-order valence-corrected chi connectivity index (χ0v) is 18.3. The number of hydrogen-bond donors (Lipinski definition) is 1. The van der Waals surface area contributed by atoms with E-state index >= 15 is 0 Å². The maximum Gasteiger partial charge on any atom is 0.240 e. The number of nitrogens with one attached hydrogen (secondary N) is 1. The fourth-order valence-corrected chi connectivity index (χ4v) is 6.08. The Morgan fingerprint density at radius 3 is 2.60 bits per heavy atom. The van der Waals surface area contributed by atoms with E-state index in [1.807, 2.05) is 13.0 Å². The van der Waals surface area contributed by atoms with Gasteiger partial charge < -0.3 is 0 Å². The highest BCUT2D eigenvalue weighted by Gasteiger charge is 2.29. The molecule has 1 saturated carbocycles. The lowest BCUT2D eigenvalue weighted by atomic mass is 9.76. The van der Waals surface area contributed by atoms with Crippen LogP contribution in [0, 0.1) is 11.7 Å². The summed E-state index contributed by atoms with van der Waals surface area (Å²) < 4.78 is 42.0. The van der Waals surface area contributed by atoms with Crippen LogP contribution in [-0.2, 0) is 10.0 Å². The van der Waals surface area contributed by atoms with Crippen LogP contribution in [0.5, 0.6) is 0 Å². The molecule has 158 valence electrons. The van der Waals surface area contributed by atoms with Crippen LogP contribution in [0.4, 0.5) is 4.39 Å². The van der Waals surface area contributed by atoms with Gasteiger partial charge >= 0.3 is 0 Å². The number of sulfonamides is 1. The van der Waals surface area contributed by atoms with E-state index in [4.69, 9.17) is 11.6 Å². The van der Waals surface area contributed by atoms with Gasteiger partial charge in [-0.1, -0.05) is 17.7 Å². The van der Waals surface area contributed by atoms with E-state index in [0.29, 0.717) is 10.9 Å². The number of pyridine rings is 1. The Balaban J connectivity index is 1.44. The molecule has 4 nitrogen and oxygen atoms in total. The van der Waals surface area contributed by atoms with Gasteiger partial charge in [-0.05, 0) is 92.5 Å². The molecular weight excluding hydrogens is 423 g/mol. The van der Waals surface area contributed by atoms with Crippen molar-refractivity contribution in [1.82, 2.24) is 9.71 Å². The van der Waals surface area contributed by atoms with Crippen molar-refractivity contribution in [2.75, 3.05) is 0 Å². The number of benzene rings is 2. The first kappa shape index (κ1) is 21.2. The molecule has 3 aromatic rings. The van der Waals surface area contributed by atoms with Gasteiger partial charge in [0.2, 0.25) is 10.0 Å². The molecule has 0 spiro atoms. The fourth-order valence-electron chi connectivity index (χ4n) is 4.47. The predicted molar refractivity (Wildman–Crippen MR) is 118 cm³/mol. The molecule has 1 aliphatic rings. The van der Waals surface area contributed by atoms with Crippen molar-refractivity contribution in [3.05, 3.63) is 71.1 Å². The highest BCUT2D eigenvalue weighted by molar-refractivity contribution is 7.89. The molecule has 1 fully saturated rings. The van der Waals surface area contributed by atoms with E-state index < -0.39 is 10.0 Å². The first-order chi connectivity index (χ1) is 14.3. The summed E-state index contributed by atoms with van der Waals surface area (Å²) in [5.41, 5.74) is 1.93. The van der Waals surface area contributed by atoms with Crippen LogP contribution < -0.4 is 4.72 Å². The Morgan fingerprint density at radius 2 is 1.87 bits per heavy atom. The van der Waals surface area contributed by atoms with E-state index in [2.05, 4.69) is 9.71 Å². The third-order valence-electron chi connectivity index (χ3n) is 6.10. The molecule has 30 heavy (non-hydrogen) atoms. The third kappa shape index (κ3) is 4.51. The SMILES string of the molecule is C[C@@H](NS(=O)(=O)c1cccc(Cl)c1)[C@H]1CC[C@H](c2ccnc3ccc(F)cc32)CC1. The first-order valence-electron chi connectivity index (χ1n) is 10.2. The first-order valence-corrected chi connectivity index (χ1v) is 12.0. The van der Waals surface area contributed by atoms with Crippen LogP contribution in [0.25, 0.3) is 10.9 Å². The van der Waals surface area contributed by atoms with Crippen molar-refractivity contribution < 1.29 is 12.8 Å². The van der Waals surface area contributed by atoms with Crippen LogP contribution in [0.2, 0.25) is 5.02 Å². The van der Waals surface area contributed by atoms with Crippen molar-refractivity contribution in [2.24, 2.45) is 5.92 Å². The van der Waals surface area contributed by atoms with Crippen molar-refractivity contribution in [1.29, 1.82) is 0 Å². The highest BCUT2D eigenvalue weighted by atomic mass is 35.5. The summed E-state index contributed by atoms with van der Waals surface area (Å²) >= 11 is 5.94. The summed E-state index contributed by atoms with van der Waals surface area (Å²) in [6, 6.07) is 12.8. The maximum absolute atomic E-state index is 13.8. The Morgan fingerprint density at radius 1 is 1.10 bits per heavy atom. The number of rotatable bonds is 5. The van der Waals surface area contributed by atoms with Crippen molar-refractivity contribution in [3.8, 4) is 0 Å². The van der Waals surface area contributed by atoms with Gasteiger partial charge in [0.25, 0.3) is 0 Å². The standard InChI is InChI=1S/C23H24ClFN2O2S/c1-15(27-30(28,29)20-4-2-3-18(24)13-20)16-5-7-17(8-6-16)21-11-12-26-23-10-9-19(25)14-22(21)23/h2-4,9-17,27H,5-8H2,1H3/t15-,16-,17-/m1/s1. The highest BCUT2D eigenvalue weighted by Crippen LogP contribution is 2.39. The number of hydrogen-bond acceptors (Lipinski definition) is 3. The number of nitrogens with zero attached hydrogens (tertiary/aromatic N) is 1. The van der Waals surface area contributed by atoms with Crippen LogP contribution >= 0.6 is 11.6 Å². The summed E-state index contributed by atoms with van der Waals surface area (Å²) in [5.74, 6) is 0.319. The van der Waals surface area contributed by atoms with Gasteiger partial charge in [0.15, 0.2) is 0 Å². The second kappa shape index (κ2) is 8.61. The van der Waals surface area contributed by atoms with E-state index in [1.54, 1.807) is 36.5 Å². The molecule has 0 saturated heterocycles. The van der Waals surface area contributed by atoms with Crippen molar-refractivity contribution in [3.63, 3.8) is 0 Å². The molecule has 1 heterocycles. The molecule has 0 bridgehead atoms. The Kier molecular flexibility index (Phi) is 6.09. The van der Waals surface area contributed by atoms with Crippen LogP contribution in [0.3, 0.4) is 0 Å². The summed E-state index contributed by atoms with van der Waals surface area (Å²) in [6.07, 6.45) is 5.46. The lowest BCUT2D eigenvalue weighted by molar-refractivity contribution is 0.281. The van der Waals surface area contributed by atoms with E-state index in [9.17, 15) is 12.8 Å². The number of fused-ring (bicyclic) bond motifs is 1. The van der Waals surface area contributed by atoms with Crippen molar-refractivity contribution >= 4 is 32.5 Å². The van der Waals surface area contributed by atoms with Crippen LogP contribution in [0.1, 0.15) is 44.1 Å². The molecule has 0 amide bonds. The molecule has 7 heteroatoms. The normalized spacial score (nSPS) is 20.9. The molecule has 1 N–H and O–H groups in total. The molecule has 0 radical (unpaired) electrons. The number of aromatic nitrogens is 1.